The molecule has 0 saturated carbocycles. The Morgan fingerprint density at radius 2 is 2.04 bits per heavy atom. The van der Waals surface area contributed by atoms with Crippen molar-refractivity contribution < 1.29 is 0 Å². The summed E-state index contributed by atoms with van der Waals surface area (Å²) in [4.78, 5) is 10.2. The molecule has 24 heavy (non-hydrogen) atoms. The van der Waals surface area contributed by atoms with Gasteiger partial charge in [-0.25, -0.2) is 4.98 Å². The van der Waals surface area contributed by atoms with E-state index in [1.165, 1.54) is 17.5 Å². The van der Waals surface area contributed by atoms with Crippen LogP contribution in [0.2, 0.25) is 0 Å². The van der Waals surface area contributed by atoms with Gasteiger partial charge in [0, 0.05) is 13.1 Å². The largest absolute Gasteiger partial charge is 0.345 e. The van der Waals surface area contributed by atoms with Crippen LogP contribution in [-0.2, 0) is 12.0 Å². The fourth-order valence-corrected chi connectivity index (χ4v) is 4.02. The molecule has 4 rings (SSSR count). The standard InChI is InChI=1S/C21H25N3/c1-16-13-24(14-17-6-4-3-5-7-17)11-10-21(16,2)18-8-9-19-20(12-18)23-15-22-19/h3-9,12,15-16H,10-11,13-14H2,1-2H3,(H,22,23)/t16-,21-/m0/s1. The van der Waals surface area contributed by atoms with Gasteiger partial charge in [-0.3, -0.25) is 4.90 Å². The van der Waals surface area contributed by atoms with Crippen molar-refractivity contribution in [1.29, 1.82) is 0 Å². The average molecular weight is 319 g/mol. The molecular weight excluding hydrogens is 294 g/mol. The van der Waals surface area contributed by atoms with Crippen molar-refractivity contribution in [2.75, 3.05) is 13.1 Å². The second-order valence-electron chi connectivity index (χ2n) is 7.42. The first kappa shape index (κ1) is 15.4. The smallest absolute Gasteiger partial charge is 0.0931 e. The number of nitrogens with one attached hydrogen (secondary N) is 1. The fourth-order valence-electron chi connectivity index (χ4n) is 4.02. The number of aromatic nitrogens is 2. The molecule has 3 nitrogen and oxygen atoms in total. The summed E-state index contributed by atoms with van der Waals surface area (Å²) in [6.07, 6.45) is 2.98. The van der Waals surface area contributed by atoms with E-state index in [2.05, 4.69) is 77.2 Å². The van der Waals surface area contributed by atoms with E-state index in [1.807, 2.05) is 0 Å². The summed E-state index contributed by atoms with van der Waals surface area (Å²) in [5.74, 6) is 0.621. The Bertz CT molecular complexity index is 823. The Hall–Kier alpha value is -2.13. The zero-order valence-electron chi connectivity index (χ0n) is 14.5. The Labute approximate surface area is 143 Å². The minimum atomic E-state index is 0.229. The summed E-state index contributed by atoms with van der Waals surface area (Å²) >= 11 is 0. The lowest BCUT2D eigenvalue weighted by atomic mass is 9.68. The highest BCUT2D eigenvalue weighted by Crippen LogP contribution is 2.40. The maximum Gasteiger partial charge on any atom is 0.0931 e. The van der Waals surface area contributed by atoms with Crippen molar-refractivity contribution in [2.45, 2.75) is 32.2 Å². The van der Waals surface area contributed by atoms with Crippen molar-refractivity contribution in [1.82, 2.24) is 14.9 Å². The maximum atomic E-state index is 4.34. The molecule has 0 spiro atoms. The van der Waals surface area contributed by atoms with Gasteiger partial charge in [0.2, 0.25) is 0 Å². The normalized spacial score (nSPS) is 25.2. The number of hydrogen-bond acceptors (Lipinski definition) is 2. The van der Waals surface area contributed by atoms with Crippen LogP contribution in [0.15, 0.2) is 54.9 Å². The summed E-state index contributed by atoms with van der Waals surface area (Å²) in [6.45, 7) is 8.17. The van der Waals surface area contributed by atoms with E-state index in [4.69, 9.17) is 0 Å². The molecule has 3 aromatic rings. The van der Waals surface area contributed by atoms with Crippen LogP contribution in [0.5, 0.6) is 0 Å². The lowest BCUT2D eigenvalue weighted by Gasteiger charge is -2.45. The van der Waals surface area contributed by atoms with Crippen molar-refractivity contribution in [2.24, 2.45) is 5.92 Å². The van der Waals surface area contributed by atoms with Gasteiger partial charge in [0.05, 0.1) is 17.4 Å². The number of aromatic amines is 1. The molecule has 1 saturated heterocycles. The highest BCUT2D eigenvalue weighted by molar-refractivity contribution is 5.75. The highest BCUT2D eigenvalue weighted by atomic mass is 15.1. The third kappa shape index (κ3) is 2.73. The molecule has 1 fully saturated rings. The second-order valence-corrected chi connectivity index (χ2v) is 7.42. The van der Waals surface area contributed by atoms with E-state index in [9.17, 15) is 0 Å². The van der Waals surface area contributed by atoms with Gasteiger partial charge in [0.25, 0.3) is 0 Å². The number of nitrogens with zero attached hydrogens (tertiary/aromatic N) is 2. The topological polar surface area (TPSA) is 31.9 Å². The number of fused-ring (bicyclic) bond motifs is 1. The predicted molar refractivity (Wildman–Crippen MR) is 98.9 cm³/mol. The van der Waals surface area contributed by atoms with E-state index in [1.54, 1.807) is 6.33 Å². The number of likely N-dealkylation sites (tertiary alicyclic amines) is 1. The van der Waals surface area contributed by atoms with Gasteiger partial charge < -0.3 is 4.98 Å². The van der Waals surface area contributed by atoms with E-state index in [-0.39, 0.29) is 5.41 Å². The molecule has 1 aliphatic rings. The van der Waals surface area contributed by atoms with Crippen molar-refractivity contribution in [3.63, 3.8) is 0 Å². The van der Waals surface area contributed by atoms with E-state index < -0.39 is 0 Å². The zero-order valence-corrected chi connectivity index (χ0v) is 14.5. The molecule has 3 heteroatoms. The molecule has 0 unspecified atom stereocenters. The van der Waals surface area contributed by atoms with E-state index >= 15 is 0 Å². The SMILES string of the molecule is C[C@H]1CN(Cc2ccccc2)CC[C@]1(C)c1ccc2nc[nH]c2c1. The van der Waals surface area contributed by atoms with Gasteiger partial charge >= 0.3 is 0 Å². The molecule has 1 aromatic heterocycles. The monoisotopic (exact) mass is 319 g/mol. The molecule has 0 bridgehead atoms. The van der Waals surface area contributed by atoms with Crippen LogP contribution in [-0.4, -0.2) is 28.0 Å². The van der Waals surface area contributed by atoms with Crippen LogP contribution in [0, 0.1) is 5.92 Å². The number of rotatable bonds is 3. The minimum absolute atomic E-state index is 0.229. The lowest BCUT2D eigenvalue weighted by molar-refractivity contribution is 0.105. The van der Waals surface area contributed by atoms with Gasteiger partial charge in [-0.1, -0.05) is 50.2 Å². The summed E-state index contributed by atoms with van der Waals surface area (Å²) in [5.41, 5.74) is 5.27. The Morgan fingerprint density at radius 3 is 2.83 bits per heavy atom. The molecule has 2 aromatic carbocycles. The molecule has 124 valence electrons. The van der Waals surface area contributed by atoms with E-state index in [0.717, 1.165) is 30.7 Å². The predicted octanol–water partition coefficient (Wildman–Crippen LogP) is 4.36. The highest BCUT2D eigenvalue weighted by Gasteiger charge is 2.38. The van der Waals surface area contributed by atoms with Gasteiger partial charge in [-0.2, -0.15) is 0 Å². The van der Waals surface area contributed by atoms with Crippen LogP contribution in [0.4, 0.5) is 0 Å². The number of imidazole rings is 1. The molecule has 0 aliphatic carbocycles. The third-order valence-corrected chi connectivity index (χ3v) is 5.90. The molecule has 2 atom stereocenters. The zero-order chi connectivity index (χ0) is 16.6. The first-order valence-corrected chi connectivity index (χ1v) is 8.85. The number of piperidine rings is 1. The quantitative estimate of drug-likeness (QED) is 0.778. The summed E-state index contributed by atoms with van der Waals surface area (Å²) in [6, 6.07) is 17.5. The Kier molecular flexibility index (Phi) is 3.89. The summed E-state index contributed by atoms with van der Waals surface area (Å²) < 4.78 is 0. The number of hydrogen-bond donors (Lipinski definition) is 1. The molecular formula is C21H25N3. The molecule has 1 N–H and O–H groups in total. The van der Waals surface area contributed by atoms with Crippen LogP contribution >= 0.6 is 0 Å². The Morgan fingerprint density at radius 1 is 1.21 bits per heavy atom. The Balaban J connectivity index is 1.52. The van der Waals surface area contributed by atoms with Gasteiger partial charge in [0.15, 0.2) is 0 Å². The van der Waals surface area contributed by atoms with Gasteiger partial charge in [-0.15, -0.1) is 0 Å². The average Bonchev–Trinajstić information content (AvgIpc) is 3.07. The van der Waals surface area contributed by atoms with E-state index in [0.29, 0.717) is 5.92 Å². The van der Waals surface area contributed by atoms with Crippen molar-refractivity contribution in [3.05, 3.63) is 66.0 Å². The first-order valence-electron chi connectivity index (χ1n) is 8.85. The minimum Gasteiger partial charge on any atom is -0.345 e. The second kappa shape index (κ2) is 6.06. The fraction of sp³-hybridized carbons (Fsp3) is 0.381. The third-order valence-electron chi connectivity index (χ3n) is 5.90. The van der Waals surface area contributed by atoms with Crippen LogP contribution < -0.4 is 0 Å². The molecule has 1 aliphatic heterocycles. The van der Waals surface area contributed by atoms with Crippen LogP contribution in [0.1, 0.15) is 31.4 Å². The number of H-pyrrole nitrogens is 1. The first-order chi connectivity index (χ1) is 11.6. The van der Waals surface area contributed by atoms with Crippen molar-refractivity contribution >= 4 is 11.0 Å². The number of benzene rings is 2. The van der Waals surface area contributed by atoms with Crippen molar-refractivity contribution in [3.8, 4) is 0 Å². The lowest BCUT2D eigenvalue weighted by Crippen LogP contribution is -2.46. The van der Waals surface area contributed by atoms with Crippen LogP contribution in [0.3, 0.4) is 0 Å². The molecule has 0 radical (unpaired) electrons. The maximum absolute atomic E-state index is 4.34. The molecule has 0 amide bonds. The van der Waals surface area contributed by atoms with Gasteiger partial charge in [0.1, 0.15) is 0 Å². The van der Waals surface area contributed by atoms with Crippen LogP contribution in [0.25, 0.3) is 11.0 Å². The summed E-state index contributed by atoms with van der Waals surface area (Å²) in [5, 5.41) is 0. The van der Waals surface area contributed by atoms with Gasteiger partial charge in [-0.05, 0) is 47.6 Å². The summed E-state index contributed by atoms with van der Waals surface area (Å²) in [7, 11) is 0. The molecule has 2 heterocycles.